The number of carbonyl (C=O) groups is 2. The van der Waals surface area contributed by atoms with Gasteiger partial charge >= 0.3 is 5.97 Å². The first-order valence-electron chi connectivity index (χ1n) is 10.6. The fraction of sp³-hybridized carbons (Fsp3) is 0.208. The van der Waals surface area contributed by atoms with E-state index in [1.165, 1.54) is 11.8 Å². The van der Waals surface area contributed by atoms with E-state index in [2.05, 4.69) is 27.3 Å². The van der Waals surface area contributed by atoms with Crippen LogP contribution >= 0.6 is 0 Å². The number of para-hydroxylation sites is 2. The van der Waals surface area contributed by atoms with Gasteiger partial charge in [0.05, 0.1) is 29.9 Å². The predicted molar refractivity (Wildman–Crippen MR) is 127 cm³/mol. The molecule has 4 aromatic rings. The van der Waals surface area contributed by atoms with Crippen molar-refractivity contribution in [2.24, 2.45) is 5.10 Å². The van der Waals surface area contributed by atoms with E-state index in [0.717, 1.165) is 18.4 Å². The monoisotopic (exact) mass is 444 g/mol. The molecule has 0 aliphatic rings. The number of methoxy groups -OCH3 is 1. The molecule has 0 fully saturated rings. The van der Waals surface area contributed by atoms with E-state index in [1.54, 1.807) is 30.5 Å². The molecule has 3 N–H and O–H groups in total. The van der Waals surface area contributed by atoms with Gasteiger partial charge in [0.25, 0.3) is 5.91 Å². The van der Waals surface area contributed by atoms with Gasteiger partial charge in [-0.05, 0) is 36.2 Å². The van der Waals surface area contributed by atoms with Crippen molar-refractivity contribution in [1.82, 2.24) is 20.0 Å². The molecule has 0 radical (unpaired) electrons. The van der Waals surface area contributed by atoms with Crippen LogP contribution in [0.4, 0.5) is 5.82 Å². The van der Waals surface area contributed by atoms with Crippen molar-refractivity contribution in [3.63, 3.8) is 0 Å². The molecule has 0 atom stereocenters. The number of unbranched alkanes of at least 4 members (excludes halogenated alkanes) is 1. The molecule has 168 valence electrons. The number of esters is 1. The maximum absolute atomic E-state index is 12.9. The molecule has 0 unspecified atom stereocenters. The Hall–Kier alpha value is -4.27. The number of hydrogen-bond donors (Lipinski definition) is 2. The van der Waals surface area contributed by atoms with Crippen LogP contribution in [0, 0.1) is 0 Å². The summed E-state index contributed by atoms with van der Waals surface area (Å²) in [6.07, 6.45) is 3.39. The van der Waals surface area contributed by atoms with Gasteiger partial charge < -0.3 is 15.8 Å². The second-order valence-corrected chi connectivity index (χ2v) is 7.42. The van der Waals surface area contributed by atoms with E-state index in [1.807, 2.05) is 24.3 Å². The van der Waals surface area contributed by atoms with Crippen molar-refractivity contribution in [2.45, 2.75) is 19.8 Å². The Morgan fingerprint density at radius 1 is 1.12 bits per heavy atom. The minimum Gasteiger partial charge on any atom is -0.465 e. The van der Waals surface area contributed by atoms with Gasteiger partial charge in [0.1, 0.15) is 16.9 Å². The first-order chi connectivity index (χ1) is 16.0. The van der Waals surface area contributed by atoms with E-state index in [4.69, 9.17) is 10.5 Å². The number of carbonyl (C=O) groups excluding carboxylic acids is 2. The molecule has 1 amide bonds. The molecule has 2 aromatic heterocycles. The van der Waals surface area contributed by atoms with Crippen LogP contribution in [0.25, 0.3) is 22.2 Å². The van der Waals surface area contributed by atoms with Gasteiger partial charge in [0.2, 0.25) is 0 Å². The highest BCUT2D eigenvalue weighted by Gasteiger charge is 2.23. The summed E-state index contributed by atoms with van der Waals surface area (Å²) in [5.74, 6) is -0.580. The molecule has 0 aliphatic heterocycles. The number of nitrogen functional groups attached to an aromatic ring is 1. The van der Waals surface area contributed by atoms with Crippen LogP contribution in [-0.2, 0) is 4.74 Å². The van der Waals surface area contributed by atoms with Crippen molar-refractivity contribution in [1.29, 1.82) is 0 Å². The normalized spacial score (nSPS) is 11.3. The lowest BCUT2D eigenvalue weighted by Gasteiger charge is -2.04. The lowest BCUT2D eigenvalue weighted by Crippen LogP contribution is -2.25. The smallest absolute Gasteiger partial charge is 0.337 e. The number of rotatable bonds is 7. The van der Waals surface area contributed by atoms with Crippen LogP contribution < -0.4 is 11.1 Å². The van der Waals surface area contributed by atoms with Crippen molar-refractivity contribution in [3.05, 3.63) is 65.2 Å². The predicted octanol–water partition coefficient (Wildman–Crippen LogP) is 3.37. The summed E-state index contributed by atoms with van der Waals surface area (Å²) in [5, 5.41) is 7.37. The molecule has 9 heteroatoms. The standard InChI is InChI=1S/C24H24N6O3/c1-3-4-13-26-23(31)19-20-22(29-18-8-6-5-7-17(18)28-20)30(21(19)25)27-14-15-9-11-16(12-10-15)24(32)33-2/h5-12,14H,3-4,13,25H2,1-2H3,(H,26,31)/b27-14+. The van der Waals surface area contributed by atoms with Crippen LogP contribution in [0.5, 0.6) is 0 Å². The second kappa shape index (κ2) is 9.47. The molecule has 2 aromatic carbocycles. The number of anilines is 1. The van der Waals surface area contributed by atoms with Gasteiger partial charge in [-0.1, -0.05) is 37.6 Å². The first-order valence-corrected chi connectivity index (χ1v) is 10.6. The highest BCUT2D eigenvalue weighted by molar-refractivity contribution is 6.10. The molecule has 0 saturated carbocycles. The number of nitrogens with zero attached hydrogens (tertiary/aromatic N) is 4. The van der Waals surface area contributed by atoms with Crippen molar-refractivity contribution >= 4 is 46.1 Å². The number of benzene rings is 2. The summed E-state index contributed by atoms with van der Waals surface area (Å²) in [6, 6.07) is 14.2. The Bertz CT molecular complexity index is 1360. The van der Waals surface area contributed by atoms with Gasteiger partial charge in [-0.2, -0.15) is 9.78 Å². The molecule has 0 bridgehead atoms. The van der Waals surface area contributed by atoms with Crippen LogP contribution in [0.2, 0.25) is 0 Å². The number of ether oxygens (including phenoxy) is 1. The summed E-state index contributed by atoms with van der Waals surface area (Å²) in [4.78, 5) is 33.9. The Morgan fingerprint density at radius 2 is 1.82 bits per heavy atom. The van der Waals surface area contributed by atoms with Crippen LogP contribution in [0.15, 0.2) is 53.6 Å². The van der Waals surface area contributed by atoms with Crippen molar-refractivity contribution < 1.29 is 14.3 Å². The first kappa shape index (κ1) is 21.9. The molecule has 9 nitrogen and oxygen atoms in total. The summed E-state index contributed by atoms with van der Waals surface area (Å²) in [5.41, 5.74) is 9.88. The third kappa shape index (κ3) is 4.38. The van der Waals surface area contributed by atoms with Gasteiger partial charge in [-0.15, -0.1) is 0 Å². The Balaban J connectivity index is 1.79. The van der Waals surface area contributed by atoms with Crippen molar-refractivity contribution in [2.75, 3.05) is 19.4 Å². The van der Waals surface area contributed by atoms with E-state index in [9.17, 15) is 9.59 Å². The van der Waals surface area contributed by atoms with Crippen LogP contribution in [-0.4, -0.2) is 46.4 Å². The summed E-state index contributed by atoms with van der Waals surface area (Å²) in [6.45, 7) is 2.59. The SMILES string of the molecule is CCCCNC(=O)c1c(N)n(/N=C/c2ccc(C(=O)OC)cc2)c2nc3ccccc3nc12. The third-order valence-corrected chi connectivity index (χ3v) is 5.17. The van der Waals surface area contributed by atoms with E-state index in [0.29, 0.717) is 34.3 Å². The summed E-state index contributed by atoms with van der Waals surface area (Å²) in [7, 11) is 1.33. The van der Waals surface area contributed by atoms with Gasteiger partial charge in [-0.3, -0.25) is 4.79 Å². The van der Waals surface area contributed by atoms with E-state index in [-0.39, 0.29) is 17.3 Å². The highest BCUT2D eigenvalue weighted by Crippen LogP contribution is 2.27. The van der Waals surface area contributed by atoms with Crippen LogP contribution in [0.1, 0.15) is 46.0 Å². The number of amides is 1. The molecule has 0 aliphatic carbocycles. The topological polar surface area (TPSA) is 124 Å². The van der Waals surface area contributed by atoms with Gasteiger partial charge in [0, 0.05) is 6.54 Å². The zero-order valence-electron chi connectivity index (χ0n) is 18.4. The van der Waals surface area contributed by atoms with Gasteiger partial charge in [0.15, 0.2) is 5.65 Å². The zero-order chi connectivity index (χ0) is 23.4. The number of nitrogens with two attached hydrogens (primary N) is 1. The summed E-state index contributed by atoms with van der Waals surface area (Å²) >= 11 is 0. The molecule has 0 saturated heterocycles. The Labute approximate surface area is 190 Å². The number of hydrogen-bond acceptors (Lipinski definition) is 7. The van der Waals surface area contributed by atoms with E-state index >= 15 is 0 Å². The molecule has 4 rings (SSSR count). The fourth-order valence-corrected chi connectivity index (χ4v) is 3.40. The molecule has 0 spiro atoms. The quantitative estimate of drug-likeness (QED) is 0.256. The largest absolute Gasteiger partial charge is 0.465 e. The number of fused-ring (bicyclic) bond motifs is 2. The molecular weight excluding hydrogens is 420 g/mol. The van der Waals surface area contributed by atoms with Crippen molar-refractivity contribution in [3.8, 4) is 0 Å². The minimum absolute atomic E-state index is 0.150. The lowest BCUT2D eigenvalue weighted by molar-refractivity contribution is 0.0600. The van der Waals surface area contributed by atoms with Crippen LogP contribution in [0.3, 0.4) is 0 Å². The number of aromatic nitrogens is 3. The zero-order valence-corrected chi connectivity index (χ0v) is 18.4. The molecular formula is C24H24N6O3. The fourth-order valence-electron chi connectivity index (χ4n) is 3.40. The third-order valence-electron chi connectivity index (χ3n) is 5.17. The maximum atomic E-state index is 12.9. The Kier molecular flexibility index (Phi) is 6.30. The highest BCUT2D eigenvalue weighted by atomic mass is 16.5. The average Bonchev–Trinajstić information content (AvgIpc) is 3.11. The average molecular weight is 444 g/mol. The lowest BCUT2D eigenvalue weighted by atomic mass is 10.1. The maximum Gasteiger partial charge on any atom is 0.337 e. The number of nitrogens with one attached hydrogen (secondary N) is 1. The van der Waals surface area contributed by atoms with Gasteiger partial charge in [-0.25, -0.2) is 14.8 Å². The minimum atomic E-state index is -0.417. The second-order valence-electron chi connectivity index (χ2n) is 7.42. The molecule has 2 heterocycles. The van der Waals surface area contributed by atoms with E-state index < -0.39 is 5.97 Å². The Morgan fingerprint density at radius 3 is 2.48 bits per heavy atom. The molecule has 33 heavy (non-hydrogen) atoms. The summed E-state index contributed by atoms with van der Waals surface area (Å²) < 4.78 is 6.13.